The number of carbonyl (C=O) groups is 2. The standard InChI is InChI=1S/C15H22N4O2/c1-16-15(21)13-4-2-12(3-5-13)10-18-14(20)11-19-8-6-17-7-9-19/h2-5,17H,6-11H2,1H3,(H,16,21)(H,18,20). The van der Waals surface area contributed by atoms with E-state index < -0.39 is 0 Å². The Bertz CT molecular complexity index is 481. The van der Waals surface area contributed by atoms with Crippen molar-refractivity contribution in [3.8, 4) is 0 Å². The van der Waals surface area contributed by atoms with E-state index in [0.29, 0.717) is 18.7 Å². The van der Waals surface area contributed by atoms with Crippen molar-refractivity contribution in [1.29, 1.82) is 0 Å². The molecule has 1 saturated heterocycles. The molecule has 0 atom stereocenters. The molecule has 0 unspecified atom stereocenters. The van der Waals surface area contributed by atoms with Gasteiger partial charge < -0.3 is 16.0 Å². The second-order valence-electron chi connectivity index (χ2n) is 5.08. The average Bonchev–Trinajstić information content (AvgIpc) is 2.53. The third kappa shape index (κ3) is 4.84. The molecule has 6 heteroatoms. The smallest absolute Gasteiger partial charge is 0.251 e. The summed E-state index contributed by atoms with van der Waals surface area (Å²) in [6.45, 7) is 4.63. The summed E-state index contributed by atoms with van der Waals surface area (Å²) in [6.07, 6.45) is 0. The second-order valence-corrected chi connectivity index (χ2v) is 5.08. The number of benzene rings is 1. The van der Waals surface area contributed by atoms with E-state index in [4.69, 9.17) is 0 Å². The Morgan fingerprint density at radius 2 is 1.86 bits per heavy atom. The summed E-state index contributed by atoms with van der Waals surface area (Å²) in [5.74, 6) is -0.0726. The minimum Gasteiger partial charge on any atom is -0.355 e. The van der Waals surface area contributed by atoms with Crippen molar-refractivity contribution in [3.05, 3.63) is 35.4 Å². The molecule has 3 N–H and O–H groups in total. The van der Waals surface area contributed by atoms with Crippen molar-refractivity contribution in [1.82, 2.24) is 20.9 Å². The molecule has 1 heterocycles. The lowest BCUT2D eigenvalue weighted by Crippen LogP contribution is -2.47. The van der Waals surface area contributed by atoms with E-state index >= 15 is 0 Å². The van der Waals surface area contributed by atoms with Gasteiger partial charge in [-0.3, -0.25) is 14.5 Å². The highest BCUT2D eigenvalue weighted by Gasteiger charge is 2.13. The van der Waals surface area contributed by atoms with Gasteiger partial charge >= 0.3 is 0 Å². The second kappa shape index (κ2) is 7.75. The first kappa shape index (κ1) is 15.5. The summed E-state index contributed by atoms with van der Waals surface area (Å²) in [5.41, 5.74) is 1.60. The summed E-state index contributed by atoms with van der Waals surface area (Å²) in [4.78, 5) is 25.4. The van der Waals surface area contributed by atoms with Crippen LogP contribution in [0.15, 0.2) is 24.3 Å². The number of hydrogen-bond donors (Lipinski definition) is 3. The van der Waals surface area contributed by atoms with Crippen LogP contribution in [0.3, 0.4) is 0 Å². The zero-order chi connectivity index (χ0) is 15.1. The quantitative estimate of drug-likeness (QED) is 0.688. The van der Waals surface area contributed by atoms with E-state index in [0.717, 1.165) is 31.7 Å². The van der Waals surface area contributed by atoms with Gasteiger partial charge in [0.2, 0.25) is 5.91 Å². The largest absolute Gasteiger partial charge is 0.355 e. The molecule has 1 aliphatic heterocycles. The minimum absolute atomic E-state index is 0.0345. The maximum atomic E-state index is 11.9. The van der Waals surface area contributed by atoms with E-state index in [1.165, 1.54) is 0 Å². The summed E-state index contributed by atoms with van der Waals surface area (Å²) >= 11 is 0. The van der Waals surface area contributed by atoms with Gasteiger partial charge in [0.25, 0.3) is 5.91 Å². The van der Waals surface area contributed by atoms with Crippen LogP contribution in [0, 0.1) is 0 Å². The van der Waals surface area contributed by atoms with Crippen molar-refractivity contribution in [2.75, 3.05) is 39.8 Å². The van der Waals surface area contributed by atoms with Crippen molar-refractivity contribution >= 4 is 11.8 Å². The number of amides is 2. The lowest BCUT2D eigenvalue weighted by Gasteiger charge is -2.26. The van der Waals surface area contributed by atoms with Gasteiger partial charge in [-0.2, -0.15) is 0 Å². The molecule has 1 aromatic carbocycles. The normalized spacial score (nSPS) is 15.5. The van der Waals surface area contributed by atoms with E-state index in [2.05, 4.69) is 20.9 Å². The van der Waals surface area contributed by atoms with Crippen LogP contribution in [-0.4, -0.2) is 56.5 Å². The molecule has 1 fully saturated rings. The molecular formula is C15H22N4O2. The summed E-state index contributed by atoms with van der Waals surface area (Å²) in [5, 5.41) is 8.74. The van der Waals surface area contributed by atoms with E-state index in [9.17, 15) is 9.59 Å². The van der Waals surface area contributed by atoms with Gasteiger partial charge in [0, 0.05) is 45.3 Å². The molecule has 0 aromatic heterocycles. The molecule has 21 heavy (non-hydrogen) atoms. The monoisotopic (exact) mass is 290 g/mol. The van der Waals surface area contributed by atoms with Crippen LogP contribution in [0.4, 0.5) is 0 Å². The van der Waals surface area contributed by atoms with Gasteiger partial charge in [-0.15, -0.1) is 0 Å². The molecule has 0 bridgehead atoms. The fourth-order valence-electron chi connectivity index (χ4n) is 2.25. The first-order valence-electron chi connectivity index (χ1n) is 7.20. The maximum absolute atomic E-state index is 11.9. The van der Waals surface area contributed by atoms with Gasteiger partial charge in [-0.25, -0.2) is 0 Å². The number of nitrogens with zero attached hydrogens (tertiary/aromatic N) is 1. The molecular weight excluding hydrogens is 268 g/mol. The summed E-state index contributed by atoms with van der Waals surface area (Å²) in [7, 11) is 1.60. The highest BCUT2D eigenvalue weighted by atomic mass is 16.2. The SMILES string of the molecule is CNC(=O)c1ccc(CNC(=O)CN2CCNCC2)cc1. The molecule has 2 rings (SSSR count). The number of rotatable bonds is 5. The Balaban J connectivity index is 1.76. The van der Waals surface area contributed by atoms with Crippen LogP contribution in [0.2, 0.25) is 0 Å². The molecule has 0 radical (unpaired) electrons. The van der Waals surface area contributed by atoms with Gasteiger partial charge in [-0.1, -0.05) is 12.1 Å². The fraction of sp³-hybridized carbons (Fsp3) is 0.467. The van der Waals surface area contributed by atoms with Crippen molar-refractivity contribution < 1.29 is 9.59 Å². The van der Waals surface area contributed by atoms with Crippen molar-refractivity contribution in [2.45, 2.75) is 6.54 Å². The Morgan fingerprint density at radius 1 is 1.19 bits per heavy atom. The number of carbonyl (C=O) groups excluding carboxylic acids is 2. The molecule has 0 aliphatic carbocycles. The van der Waals surface area contributed by atoms with E-state index in [-0.39, 0.29) is 11.8 Å². The van der Waals surface area contributed by atoms with E-state index in [1.54, 1.807) is 19.2 Å². The van der Waals surface area contributed by atoms with Gasteiger partial charge in [0.05, 0.1) is 6.54 Å². The first-order valence-corrected chi connectivity index (χ1v) is 7.20. The summed E-state index contributed by atoms with van der Waals surface area (Å²) < 4.78 is 0. The van der Waals surface area contributed by atoms with Crippen molar-refractivity contribution in [2.24, 2.45) is 0 Å². The zero-order valence-electron chi connectivity index (χ0n) is 12.3. The van der Waals surface area contributed by atoms with Crippen LogP contribution in [0.25, 0.3) is 0 Å². The molecule has 2 amide bonds. The summed E-state index contributed by atoms with van der Waals surface area (Å²) in [6, 6.07) is 7.23. The van der Waals surface area contributed by atoms with Gasteiger partial charge in [0.15, 0.2) is 0 Å². The lowest BCUT2D eigenvalue weighted by molar-refractivity contribution is -0.122. The minimum atomic E-state index is -0.107. The van der Waals surface area contributed by atoms with Crippen LogP contribution in [0.5, 0.6) is 0 Å². The predicted molar refractivity (Wildman–Crippen MR) is 81.0 cm³/mol. The Kier molecular flexibility index (Phi) is 5.71. The third-order valence-electron chi connectivity index (χ3n) is 3.51. The molecule has 0 spiro atoms. The van der Waals surface area contributed by atoms with Gasteiger partial charge in [-0.05, 0) is 17.7 Å². The predicted octanol–water partition coefficient (Wildman–Crippen LogP) is -0.432. The highest BCUT2D eigenvalue weighted by Crippen LogP contribution is 2.04. The highest BCUT2D eigenvalue weighted by molar-refractivity contribution is 5.93. The Morgan fingerprint density at radius 3 is 2.48 bits per heavy atom. The number of nitrogens with one attached hydrogen (secondary N) is 3. The third-order valence-corrected chi connectivity index (χ3v) is 3.51. The van der Waals surface area contributed by atoms with Crippen LogP contribution < -0.4 is 16.0 Å². The first-order chi connectivity index (χ1) is 10.2. The molecule has 6 nitrogen and oxygen atoms in total. The number of piperazine rings is 1. The number of hydrogen-bond acceptors (Lipinski definition) is 4. The maximum Gasteiger partial charge on any atom is 0.251 e. The fourth-order valence-corrected chi connectivity index (χ4v) is 2.25. The van der Waals surface area contributed by atoms with Gasteiger partial charge in [0.1, 0.15) is 0 Å². The van der Waals surface area contributed by atoms with Crippen molar-refractivity contribution in [3.63, 3.8) is 0 Å². The average molecular weight is 290 g/mol. The van der Waals surface area contributed by atoms with Crippen LogP contribution in [-0.2, 0) is 11.3 Å². The lowest BCUT2D eigenvalue weighted by atomic mass is 10.1. The zero-order valence-corrected chi connectivity index (χ0v) is 12.3. The van der Waals surface area contributed by atoms with E-state index in [1.807, 2.05) is 12.1 Å². The Hall–Kier alpha value is -1.92. The van der Waals surface area contributed by atoms with Crippen LogP contribution in [0.1, 0.15) is 15.9 Å². The molecule has 0 saturated carbocycles. The topological polar surface area (TPSA) is 73.5 Å². The van der Waals surface area contributed by atoms with Crippen LogP contribution >= 0.6 is 0 Å². The molecule has 1 aliphatic rings. The Labute approximate surface area is 124 Å². The molecule has 1 aromatic rings. The molecule has 114 valence electrons.